The maximum atomic E-state index is 5.49. The standard InChI is InChI=1S/C9H20O2S.C2H4/c1-10-12(3,11-2)9-7-5-4-6-8-9;1-2/h9H,4-8H2,1-3H3;1-2H2. The molecule has 0 aromatic carbocycles. The SMILES string of the molecule is C=C.COS(C)(OC)C1CCCCC1. The third-order valence-electron chi connectivity index (χ3n) is 2.82. The summed E-state index contributed by atoms with van der Waals surface area (Å²) in [7, 11) is 2.33. The van der Waals surface area contributed by atoms with E-state index in [1.54, 1.807) is 14.2 Å². The van der Waals surface area contributed by atoms with Crippen molar-refractivity contribution in [2.75, 3.05) is 20.5 Å². The van der Waals surface area contributed by atoms with Gasteiger partial charge in [-0.05, 0) is 12.8 Å². The Morgan fingerprint density at radius 1 is 1.00 bits per heavy atom. The summed E-state index contributed by atoms with van der Waals surface area (Å²) in [5, 5.41) is 0.668. The summed E-state index contributed by atoms with van der Waals surface area (Å²) in [6.07, 6.45) is 8.78. The molecule has 0 unspecified atom stereocenters. The van der Waals surface area contributed by atoms with Crippen molar-refractivity contribution in [1.82, 2.24) is 0 Å². The molecule has 0 atom stereocenters. The van der Waals surface area contributed by atoms with Crippen molar-refractivity contribution in [3.8, 4) is 0 Å². The van der Waals surface area contributed by atoms with Gasteiger partial charge in [-0.1, -0.05) is 19.3 Å². The highest BCUT2D eigenvalue weighted by Crippen LogP contribution is 2.54. The summed E-state index contributed by atoms with van der Waals surface area (Å²) in [4.78, 5) is 0. The Kier molecular flexibility index (Phi) is 7.33. The zero-order chi connectivity index (χ0) is 11.0. The zero-order valence-corrected chi connectivity index (χ0v) is 10.6. The molecular formula is C11H24O2S. The van der Waals surface area contributed by atoms with Gasteiger partial charge in [-0.25, -0.2) is 0 Å². The second kappa shape index (κ2) is 7.32. The zero-order valence-electron chi connectivity index (χ0n) is 9.75. The molecule has 0 heterocycles. The topological polar surface area (TPSA) is 18.5 Å². The lowest BCUT2D eigenvalue weighted by Crippen LogP contribution is -2.22. The fourth-order valence-corrected chi connectivity index (χ4v) is 3.70. The van der Waals surface area contributed by atoms with Crippen LogP contribution in [0.2, 0.25) is 0 Å². The highest BCUT2D eigenvalue weighted by atomic mass is 32.3. The third kappa shape index (κ3) is 3.64. The maximum absolute atomic E-state index is 5.49. The van der Waals surface area contributed by atoms with Gasteiger partial charge in [0.2, 0.25) is 0 Å². The van der Waals surface area contributed by atoms with E-state index in [4.69, 9.17) is 8.37 Å². The molecule has 0 N–H and O–H groups in total. The molecule has 1 saturated carbocycles. The number of hydrogen-bond donors (Lipinski definition) is 0. The smallest absolute Gasteiger partial charge is 0.0604 e. The van der Waals surface area contributed by atoms with Crippen molar-refractivity contribution >= 4 is 10.6 Å². The van der Waals surface area contributed by atoms with Crippen LogP contribution in [0.1, 0.15) is 32.1 Å². The van der Waals surface area contributed by atoms with Gasteiger partial charge in [0, 0.05) is 11.5 Å². The molecule has 86 valence electrons. The molecule has 1 aliphatic carbocycles. The molecule has 0 spiro atoms. The first-order valence-corrected chi connectivity index (χ1v) is 7.06. The largest absolute Gasteiger partial charge is 0.288 e. The van der Waals surface area contributed by atoms with Gasteiger partial charge in [0.1, 0.15) is 0 Å². The Balaban J connectivity index is 0.000000791. The molecule has 0 aliphatic heterocycles. The van der Waals surface area contributed by atoms with Crippen LogP contribution < -0.4 is 0 Å². The van der Waals surface area contributed by atoms with E-state index in [-0.39, 0.29) is 0 Å². The fourth-order valence-electron chi connectivity index (χ4n) is 1.83. The van der Waals surface area contributed by atoms with Crippen LogP contribution in [0.25, 0.3) is 0 Å². The van der Waals surface area contributed by atoms with Gasteiger partial charge in [0.25, 0.3) is 0 Å². The second-order valence-electron chi connectivity index (χ2n) is 3.42. The molecule has 0 bridgehead atoms. The van der Waals surface area contributed by atoms with Crippen LogP contribution in [-0.4, -0.2) is 25.7 Å². The van der Waals surface area contributed by atoms with Crippen LogP contribution >= 0.6 is 10.6 Å². The van der Waals surface area contributed by atoms with Crippen molar-refractivity contribution in [2.45, 2.75) is 37.4 Å². The Morgan fingerprint density at radius 2 is 1.43 bits per heavy atom. The highest BCUT2D eigenvalue weighted by molar-refractivity contribution is 8.25. The predicted molar refractivity (Wildman–Crippen MR) is 65.7 cm³/mol. The van der Waals surface area contributed by atoms with Crippen LogP contribution in [0.4, 0.5) is 0 Å². The lowest BCUT2D eigenvalue weighted by molar-refractivity contribution is 0.329. The Hall–Kier alpha value is 0.01000. The van der Waals surface area contributed by atoms with E-state index in [1.165, 1.54) is 32.1 Å². The van der Waals surface area contributed by atoms with Gasteiger partial charge in [0.15, 0.2) is 0 Å². The van der Waals surface area contributed by atoms with Gasteiger partial charge in [-0.15, -0.1) is 13.2 Å². The van der Waals surface area contributed by atoms with Crippen LogP contribution in [0, 0.1) is 0 Å². The molecule has 14 heavy (non-hydrogen) atoms. The van der Waals surface area contributed by atoms with Gasteiger partial charge >= 0.3 is 0 Å². The van der Waals surface area contributed by atoms with E-state index in [0.717, 1.165) is 0 Å². The van der Waals surface area contributed by atoms with Crippen LogP contribution in [-0.2, 0) is 8.37 Å². The molecule has 1 fully saturated rings. The average molecular weight is 220 g/mol. The van der Waals surface area contributed by atoms with Crippen molar-refractivity contribution in [3.05, 3.63) is 13.2 Å². The first-order valence-electron chi connectivity index (χ1n) is 5.11. The fraction of sp³-hybridized carbons (Fsp3) is 0.818. The first kappa shape index (κ1) is 14.0. The van der Waals surface area contributed by atoms with E-state index in [1.807, 2.05) is 0 Å². The summed E-state index contributed by atoms with van der Waals surface area (Å²) in [5.41, 5.74) is 0. The number of rotatable bonds is 3. The van der Waals surface area contributed by atoms with Crippen molar-refractivity contribution in [2.24, 2.45) is 0 Å². The summed E-state index contributed by atoms with van der Waals surface area (Å²) in [5.74, 6) is 0. The normalized spacial score (nSPS) is 19.6. The average Bonchev–Trinajstić information content (AvgIpc) is 2.32. The molecule has 0 aromatic heterocycles. The summed E-state index contributed by atoms with van der Waals surface area (Å²) in [6.45, 7) is 6.00. The quantitative estimate of drug-likeness (QED) is 0.676. The minimum absolute atomic E-state index is 0.668. The van der Waals surface area contributed by atoms with Gasteiger partial charge < -0.3 is 0 Å². The van der Waals surface area contributed by atoms with Crippen molar-refractivity contribution in [3.63, 3.8) is 0 Å². The van der Waals surface area contributed by atoms with E-state index < -0.39 is 10.6 Å². The highest BCUT2D eigenvalue weighted by Gasteiger charge is 2.26. The van der Waals surface area contributed by atoms with E-state index in [0.29, 0.717) is 5.25 Å². The van der Waals surface area contributed by atoms with E-state index in [2.05, 4.69) is 19.4 Å². The van der Waals surface area contributed by atoms with Gasteiger partial charge in [0.05, 0.1) is 14.2 Å². The van der Waals surface area contributed by atoms with Gasteiger partial charge in [-0.2, -0.15) is 10.6 Å². The second-order valence-corrected chi connectivity index (χ2v) is 6.42. The Morgan fingerprint density at radius 3 is 1.79 bits per heavy atom. The van der Waals surface area contributed by atoms with Crippen LogP contribution in [0.5, 0.6) is 0 Å². The van der Waals surface area contributed by atoms with Crippen LogP contribution in [0.3, 0.4) is 0 Å². The van der Waals surface area contributed by atoms with Crippen molar-refractivity contribution < 1.29 is 8.37 Å². The number of hydrogen-bond acceptors (Lipinski definition) is 2. The van der Waals surface area contributed by atoms with Crippen molar-refractivity contribution in [1.29, 1.82) is 0 Å². The minimum Gasteiger partial charge on any atom is -0.288 e. The Labute approximate surface area is 90.4 Å². The molecule has 2 nitrogen and oxygen atoms in total. The lowest BCUT2D eigenvalue weighted by atomic mass is 10.0. The predicted octanol–water partition coefficient (Wildman–Crippen LogP) is 3.68. The summed E-state index contributed by atoms with van der Waals surface area (Å²) >= 11 is 0. The van der Waals surface area contributed by atoms with E-state index >= 15 is 0 Å². The first-order chi connectivity index (χ1) is 6.73. The monoisotopic (exact) mass is 220 g/mol. The van der Waals surface area contributed by atoms with Gasteiger partial charge in [-0.3, -0.25) is 8.37 Å². The molecule has 0 aromatic rings. The molecule has 0 amide bonds. The molecule has 0 saturated heterocycles. The molecule has 3 heteroatoms. The molecule has 1 aliphatic rings. The molecule has 1 rings (SSSR count). The molecular weight excluding hydrogens is 196 g/mol. The maximum Gasteiger partial charge on any atom is 0.0604 e. The Bertz CT molecular complexity index is 140. The minimum atomic E-state index is -1.22. The lowest BCUT2D eigenvalue weighted by Gasteiger charge is -2.45. The molecule has 0 radical (unpaired) electrons. The summed E-state index contributed by atoms with van der Waals surface area (Å²) in [6, 6.07) is 0. The van der Waals surface area contributed by atoms with Crippen LogP contribution in [0.15, 0.2) is 13.2 Å². The van der Waals surface area contributed by atoms with E-state index in [9.17, 15) is 0 Å². The third-order valence-corrected chi connectivity index (χ3v) is 5.83. The summed E-state index contributed by atoms with van der Waals surface area (Å²) < 4.78 is 11.0.